The minimum Gasteiger partial charge on any atom is -0.508 e. The maximum Gasteiger partial charge on any atom is 0.410 e. The van der Waals surface area contributed by atoms with Crippen molar-refractivity contribution < 1.29 is 38.7 Å². The number of methoxy groups -OCH3 is 2. The third-order valence-corrected chi connectivity index (χ3v) is 11.4. The fourth-order valence-electron chi connectivity index (χ4n) is 8.55. The largest absolute Gasteiger partial charge is 0.508 e. The van der Waals surface area contributed by atoms with E-state index in [1.807, 2.05) is 81.4 Å². The van der Waals surface area contributed by atoms with Crippen molar-refractivity contribution in [2.24, 2.45) is 0 Å². The molecule has 10 heteroatoms. The van der Waals surface area contributed by atoms with Gasteiger partial charge in [0.1, 0.15) is 51.3 Å². The van der Waals surface area contributed by atoms with Gasteiger partial charge >= 0.3 is 6.09 Å². The van der Waals surface area contributed by atoms with Gasteiger partial charge in [-0.05, 0) is 107 Å². The summed E-state index contributed by atoms with van der Waals surface area (Å²) in [5.41, 5.74) is 3.43. The van der Waals surface area contributed by atoms with Crippen LogP contribution in [0.4, 0.5) is 4.79 Å². The van der Waals surface area contributed by atoms with E-state index in [-0.39, 0.29) is 34.9 Å². The summed E-state index contributed by atoms with van der Waals surface area (Å²) in [5, 5.41) is 23.4. The topological polar surface area (TPSA) is 119 Å². The number of aromatic hydroxyl groups is 2. The van der Waals surface area contributed by atoms with Gasteiger partial charge in [-0.15, -0.1) is 0 Å². The van der Waals surface area contributed by atoms with Crippen LogP contribution < -0.4 is 24.3 Å². The molecule has 0 saturated carbocycles. The van der Waals surface area contributed by atoms with Crippen molar-refractivity contribution in [1.82, 2.24) is 10.2 Å². The van der Waals surface area contributed by atoms with Crippen molar-refractivity contribution in [2.45, 2.75) is 87.9 Å². The molecule has 0 radical (unpaired) electrons. The van der Waals surface area contributed by atoms with Crippen LogP contribution in [0.2, 0.25) is 0 Å². The fraction of sp³-hybridized carbons (Fsp3) is 0.444. The number of benzene rings is 4. The molecule has 10 nitrogen and oxygen atoms in total. The predicted molar refractivity (Wildman–Crippen MR) is 211 cm³/mol. The smallest absolute Gasteiger partial charge is 0.410 e. The Morgan fingerprint density at radius 2 is 1.18 bits per heavy atom. The highest BCUT2D eigenvalue weighted by Crippen LogP contribution is 2.50. The highest BCUT2D eigenvalue weighted by molar-refractivity contribution is 5.68. The summed E-state index contributed by atoms with van der Waals surface area (Å²) < 4.78 is 29.4. The molecule has 8 rings (SSSR count). The Hall–Kier alpha value is -5.09. The molecule has 4 heterocycles. The molecule has 4 aromatic rings. The minimum atomic E-state index is -0.510. The molecule has 2 unspecified atom stereocenters. The zero-order valence-corrected chi connectivity index (χ0v) is 32.6. The number of hydrogen-bond acceptors (Lipinski definition) is 9. The molecule has 0 aromatic heterocycles. The normalized spacial score (nSPS) is 20.8. The van der Waals surface area contributed by atoms with Crippen LogP contribution >= 0.6 is 0 Å². The summed E-state index contributed by atoms with van der Waals surface area (Å²) in [6.45, 7) is 8.76. The Morgan fingerprint density at radius 3 is 1.62 bits per heavy atom. The second-order valence-corrected chi connectivity index (χ2v) is 16.3. The number of nitrogens with one attached hydrogen (secondary N) is 1. The number of carbonyl (C=O) groups excluding carboxylic acids is 1. The van der Waals surface area contributed by atoms with Gasteiger partial charge in [-0.1, -0.05) is 36.4 Å². The van der Waals surface area contributed by atoms with Crippen LogP contribution in [0.3, 0.4) is 0 Å². The predicted octanol–water partition coefficient (Wildman–Crippen LogP) is 8.52. The first-order valence-corrected chi connectivity index (χ1v) is 19.4. The van der Waals surface area contributed by atoms with E-state index >= 15 is 0 Å². The number of phenolic OH excluding ortho intramolecular Hbond substituents is 2. The number of ether oxygens (including phenoxy) is 5. The number of amides is 1. The summed E-state index contributed by atoms with van der Waals surface area (Å²) in [7, 11) is 3.32. The third-order valence-electron chi connectivity index (χ3n) is 11.4. The van der Waals surface area contributed by atoms with E-state index in [4.69, 9.17) is 23.7 Å². The molecule has 0 bridgehead atoms. The third kappa shape index (κ3) is 8.59. The zero-order valence-electron chi connectivity index (χ0n) is 32.6. The number of likely N-dealkylation sites (tertiary alicyclic amines) is 1. The first-order valence-electron chi connectivity index (χ1n) is 19.4. The van der Waals surface area contributed by atoms with Gasteiger partial charge in [0.05, 0.1) is 14.2 Å². The van der Waals surface area contributed by atoms with Crippen LogP contribution in [0.5, 0.6) is 34.5 Å². The number of nitrogens with zero attached hydrogens (tertiary/aromatic N) is 1. The Kier molecular flexibility index (Phi) is 10.8. The van der Waals surface area contributed by atoms with Crippen LogP contribution in [0.1, 0.15) is 93.4 Å². The highest BCUT2D eigenvalue weighted by atomic mass is 16.6. The molecule has 1 amide bonds. The number of fused-ring (bicyclic) bond motifs is 2. The lowest BCUT2D eigenvalue weighted by molar-refractivity contribution is -0.0303. The molecule has 2 spiro atoms. The summed E-state index contributed by atoms with van der Waals surface area (Å²) in [5.74, 6) is 4.17. The molecule has 2 atom stereocenters. The molecule has 292 valence electrons. The standard InChI is InChI=1S/C25H31NO5.C20H23NO3/c1-24(2,3)31-23(28)26-12-10-25(11-13-26)16-21(17-6-5-7-18(27)14-17)20-9-8-19(29-4)15-22(20)30-25;1-23-16-5-6-17-18(14-3-2-4-15(22)11-14)13-20(24-19(17)12-16)7-9-21-10-8-20/h5-9,14-15,21,27H,10-13,16H2,1-4H3;2-6,11-12,18,21-22H,7-10,13H2,1H3. The maximum atomic E-state index is 12.5. The van der Waals surface area contributed by atoms with Crippen LogP contribution in [-0.2, 0) is 4.74 Å². The van der Waals surface area contributed by atoms with Gasteiger partial charge in [0, 0.05) is 61.0 Å². The van der Waals surface area contributed by atoms with Crippen molar-refractivity contribution in [2.75, 3.05) is 40.4 Å². The van der Waals surface area contributed by atoms with Crippen molar-refractivity contribution >= 4 is 6.09 Å². The van der Waals surface area contributed by atoms with Gasteiger partial charge in [0.2, 0.25) is 0 Å². The lowest BCUT2D eigenvalue weighted by Crippen LogP contribution is -2.52. The summed E-state index contributed by atoms with van der Waals surface area (Å²) in [4.78, 5) is 14.3. The summed E-state index contributed by atoms with van der Waals surface area (Å²) in [6, 6.07) is 27.0. The first-order chi connectivity index (χ1) is 26.4. The second kappa shape index (κ2) is 15.6. The Morgan fingerprint density at radius 1 is 0.709 bits per heavy atom. The maximum absolute atomic E-state index is 12.5. The lowest BCUT2D eigenvalue weighted by atomic mass is 9.75. The van der Waals surface area contributed by atoms with E-state index in [1.165, 1.54) is 5.56 Å². The van der Waals surface area contributed by atoms with Crippen molar-refractivity contribution in [3.05, 3.63) is 107 Å². The Labute approximate surface area is 324 Å². The van der Waals surface area contributed by atoms with Gasteiger partial charge in [-0.3, -0.25) is 0 Å². The fourth-order valence-corrected chi connectivity index (χ4v) is 8.55. The Balaban J connectivity index is 0.000000174. The highest BCUT2D eigenvalue weighted by Gasteiger charge is 2.45. The van der Waals surface area contributed by atoms with Gasteiger partial charge in [0.15, 0.2) is 0 Å². The Bertz CT molecular complexity index is 1980. The molecular weight excluding hydrogens is 697 g/mol. The molecule has 2 saturated heterocycles. The first kappa shape index (κ1) is 38.2. The molecule has 3 N–H and O–H groups in total. The number of piperidine rings is 2. The van der Waals surface area contributed by atoms with Crippen molar-refractivity contribution in [3.8, 4) is 34.5 Å². The average molecular weight is 751 g/mol. The number of phenols is 2. The van der Waals surface area contributed by atoms with E-state index in [0.29, 0.717) is 18.8 Å². The molecular formula is C45H54N2O8. The van der Waals surface area contributed by atoms with Gasteiger partial charge in [-0.25, -0.2) is 4.79 Å². The average Bonchev–Trinajstić information content (AvgIpc) is 3.17. The van der Waals surface area contributed by atoms with E-state index < -0.39 is 5.60 Å². The molecule has 4 aromatic carbocycles. The lowest BCUT2D eigenvalue weighted by Gasteiger charge is -2.47. The number of rotatable bonds is 4. The molecule has 4 aliphatic heterocycles. The van der Waals surface area contributed by atoms with Crippen LogP contribution in [0.15, 0.2) is 84.9 Å². The molecule has 4 aliphatic rings. The number of hydrogen-bond donors (Lipinski definition) is 3. The second-order valence-electron chi connectivity index (χ2n) is 16.3. The minimum absolute atomic E-state index is 0.0924. The van der Waals surface area contributed by atoms with Gasteiger partial charge in [0.25, 0.3) is 0 Å². The van der Waals surface area contributed by atoms with Crippen molar-refractivity contribution in [1.29, 1.82) is 0 Å². The van der Waals surface area contributed by atoms with Gasteiger partial charge < -0.3 is 44.1 Å². The van der Waals surface area contributed by atoms with Crippen LogP contribution in [0.25, 0.3) is 0 Å². The molecule has 0 aliphatic carbocycles. The van der Waals surface area contributed by atoms with Gasteiger partial charge in [-0.2, -0.15) is 0 Å². The van der Waals surface area contributed by atoms with Crippen molar-refractivity contribution in [3.63, 3.8) is 0 Å². The van der Waals surface area contributed by atoms with E-state index in [0.717, 1.165) is 91.3 Å². The quantitative estimate of drug-likeness (QED) is 0.189. The SMILES string of the molecule is COc1ccc2c(c1)OC1(CCN(C(=O)OC(C)(C)C)CC1)CC2c1cccc(O)c1.COc1ccc2c(c1)OC1(CCNCC1)CC2c1cccc(O)c1. The molecule has 55 heavy (non-hydrogen) atoms. The van der Waals surface area contributed by atoms with E-state index in [1.54, 1.807) is 31.3 Å². The molecule has 2 fully saturated rings. The van der Waals surface area contributed by atoms with Crippen LogP contribution in [-0.4, -0.2) is 78.4 Å². The summed E-state index contributed by atoms with van der Waals surface area (Å²) in [6.07, 6.45) is 4.90. The number of carbonyl (C=O) groups is 1. The summed E-state index contributed by atoms with van der Waals surface area (Å²) >= 11 is 0. The van der Waals surface area contributed by atoms with E-state index in [2.05, 4.69) is 17.4 Å². The van der Waals surface area contributed by atoms with Crippen LogP contribution in [0, 0.1) is 0 Å². The van der Waals surface area contributed by atoms with E-state index in [9.17, 15) is 15.0 Å². The monoisotopic (exact) mass is 750 g/mol. The zero-order chi connectivity index (χ0) is 38.8.